The molecule has 0 bridgehead atoms. The van der Waals surface area contributed by atoms with E-state index in [-0.39, 0.29) is 0 Å². The van der Waals surface area contributed by atoms with Crippen molar-refractivity contribution in [3.05, 3.63) is 56.1 Å². The molecule has 0 unspecified atom stereocenters. The molecule has 5 heteroatoms. The van der Waals surface area contributed by atoms with Gasteiger partial charge >= 0.3 is 0 Å². The Labute approximate surface area is 133 Å². The van der Waals surface area contributed by atoms with Crippen LogP contribution in [0.2, 0.25) is 0 Å². The van der Waals surface area contributed by atoms with Crippen molar-refractivity contribution in [3.8, 4) is 0 Å². The summed E-state index contributed by atoms with van der Waals surface area (Å²) >= 11 is 10.8. The van der Waals surface area contributed by atoms with Gasteiger partial charge in [-0.1, -0.05) is 40.3 Å². The second-order valence-corrected chi connectivity index (χ2v) is 6.18. The lowest BCUT2D eigenvalue weighted by molar-refractivity contribution is 1.49. The van der Waals surface area contributed by atoms with Crippen LogP contribution in [0.15, 0.2) is 46.9 Å². The van der Waals surface area contributed by atoms with E-state index in [1.54, 1.807) is 0 Å². The summed E-state index contributed by atoms with van der Waals surface area (Å²) in [4.78, 5) is 0.379. The fraction of sp³-hybridized carbons (Fsp3) is 0. The number of hydrogen-bond acceptors (Lipinski definition) is 2. The molecule has 0 fully saturated rings. The lowest BCUT2D eigenvalue weighted by Gasteiger charge is -2.13. The molecule has 0 aliphatic heterocycles. The van der Waals surface area contributed by atoms with Crippen LogP contribution < -0.4 is 11.1 Å². The zero-order chi connectivity index (χ0) is 13.1. The summed E-state index contributed by atoms with van der Waals surface area (Å²) in [6.07, 6.45) is 0. The Kier molecular flexibility index (Phi) is 4.58. The molecule has 0 aliphatic carbocycles. The summed E-state index contributed by atoms with van der Waals surface area (Å²) in [5.74, 6) is 0. The van der Waals surface area contributed by atoms with Crippen molar-refractivity contribution < 1.29 is 0 Å². The molecule has 2 aromatic rings. The minimum absolute atomic E-state index is 0.379. The Hall–Kier alpha value is -0.660. The van der Waals surface area contributed by atoms with Crippen LogP contribution >= 0.6 is 50.7 Å². The van der Waals surface area contributed by atoms with Gasteiger partial charge in [-0.15, -0.1) is 0 Å². The topological polar surface area (TPSA) is 38.0 Å². The molecule has 92 valence electrons. The van der Waals surface area contributed by atoms with Crippen LogP contribution in [0.4, 0.5) is 11.4 Å². The summed E-state index contributed by atoms with van der Waals surface area (Å²) in [7, 11) is 0. The van der Waals surface area contributed by atoms with Gasteiger partial charge in [0.25, 0.3) is 0 Å². The number of rotatable bonds is 3. The average Bonchev–Trinajstić information content (AvgIpc) is 2.34. The summed E-state index contributed by atoms with van der Waals surface area (Å²) in [5, 5.41) is 3.35. The zero-order valence-corrected chi connectivity index (χ0v) is 13.8. The molecule has 0 saturated carbocycles. The molecule has 0 aliphatic rings. The highest BCUT2D eigenvalue weighted by Crippen LogP contribution is 2.27. The van der Waals surface area contributed by atoms with Gasteiger partial charge < -0.3 is 11.1 Å². The highest BCUT2D eigenvalue weighted by atomic mass is 127. The van der Waals surface area contributed by atoms with Gasteiger partial charge in [0.05, 0.1) is 5.69 Å². The summed E-state index contributed by atoms with van der Waals surface area (Å²) in [5.41, 5.74) is 8.53. The molecule has 0 heterocycles. The van der Waals surface area contributed by atoms with Crippen molar-refractivity contribution in [2.45, 2.75) is 0 Å². The third-order valence-electron chi connectivity index (χ3n) is 2.39. The minimum atomic E-state index is 0.379. The lowest BCUT2D eigenvalue weighted by Crippen LogP contribution is -2.12. The van der Waals surface area contributed by atoms with Crippen LogP contribution in [-0.2, 0) is 0 Å². The van der Waals surface area contributed by atoms with E-state index in [9.17, 15) is 0 Å². The molecule has 0 spiro atoms. The normalized spacial score (nSPS) is 10.1. The van der Waals surface area contributed by atoms with Crippen molar-refractivity contribution in [1.82, 2.24) is 0 Å². The number of thiocarbonyl (C=S) groups is 1. The molecule has 0 aromatic heterocycles. The Morgan fingerprint density at radius 2 is 1.89 bits per heavy atom. The van der Waals surface area contributed by atoms with Crippen LogP contribution in [-0.4, -0.2) is 4.99 Å². The fourth-order valence-electron chi connectivity index (χ4n) is 1.54. The first kappa shape index (κ1) is 13.8. The smallest absolute Gasteiger partial charge is 0.106 e. The van der Waals surface area contributed by atoms with E-state index in [0.717, 1.165) is 25.0 Å². The van der Waals surface area contributed by atoms with Crippen LogP contribution in [0.1, 0.15) is 5.56 Å². The van der Waals surface area contributed by atoms with E-state index in [4.69, 9.17) is 18.0 Å². The summed E-state index contributed by atoms with van der Waals surface area (Å²) < 4.78 is 2.10. The lowest BCUT2D eigenvalue weighted by atomic mass is 10.1. The van der Waals surface area contributed by atoms with Gasteiger partial charge in [0, 0.05) is 19.3 Å². The maximum atomic E-state index is 5.74. The van der Waals surface area contributed by atoms with Crippen LogP contribution in [0, 0.1) is 3.57 Å². The third-order valence-corrected chi connectivity index (χ3v) is 4.04. The second-order valence-electron chi connectivity index (χ2n) is 3.66. The maximum Gasteiger partial charge on any atom is 0.106 e. The van der Waals surface area contributed by atoms with Gasteiger partial charge in [-0.3, -0.25) is 0 Å². The van der Waals surface area contributed by atoms with E-state index < -0.39 is 0 Å². The summed E-state index contributed by atoms with van der Waals surface area (Å²) in [6, 6.07) is 13.9. The average molecular weight is 433 g/mol. The molecule has 2 aromatic carbocycles. The molecule has 0 radical (unpaired) electrons. The van der Waals surface area contributed by atoms with Crippen LogP contribution in [0.3, 0.4) is 0 Å². The highest BCUT2D eigenvalue weighted by molar-refractivity contribution is 14.1. The number of nitrogens with two attached hydrogens (primary N) is 1. The zero-order valence-electron chi connectivity index (χ0n) is 9.28. The molecule has 0 atom stereocenters. The highest BCUT2D eigenvalue weighted by Gasteiger charge is 2.07. The van der Waals surface area contributed by atoms with Gasteiger partial charge in [0.1, 0.15) is 4.99 Å². The second kappa shape index (κ2) is 5.99. The molecule has 0 amide bonds. The standard InChI is InChI=1S/C13H10BrIN2S/c14-8-5-6-11(9(7-8)13(16)18)17-12-4-2-1-3-10(12)15/h1-7,17H,(H2,16,18). The fourth-order valence-corrected chi connectivity index (χ4v) is 2.59. The Bertz CT molecular complexity index is 601. The van der Waals surface area contributed by atoms with E-state index in [1.165, 1.54) is 0 Å². The Balaban J connectivity index is 2.41. The number of anilines is 2. The molecular weight excluding hydrogens is 423 g/mol. The van der Waals surface area contributed by atoms with Gasteiger partial charge in [-0.05, 0) is 52.9 Å². The van der Waals surface area contributed by atoms with Crippen LogP contribution in [0.25, 0.3) is 0 Å². The van der Waals surface area contributed by atoms with Gasteiger partial charge in [-0.2, -0.15) is 0 Å². The van der Waals surface area contributed by atoms with Crippen molar-refractivity contribution >= 4 is 67.1 Å². The summed E-state index contributed by atoms with van der Waals surface area (Å²) in [6.45, 7) is 0. The Morgan fingerprint density at radius 1 is 1.17 bits per heavy atom. The monoisotopic (exact) mass is 432 g/mol. The number of para-hydroxylation sites is 1. The quantitative estimate of drug-likeness (QED) is 0.556. The van der Waals surface area contributed by atoms with E-state index >= 15 is 0 Å². The predicted octanol–water partition coefficient (Wildman–Crippen LogP) is 4.43. The first-order valence-corrected chi connectivity index (χ1v) is 7.47. The molecule has 0 saturated heterocycles. The van der Waals surface area contributed by atoms with Crippen molar-refractivity contribution in [2.75, 3.05) is 5.32 Å². The van der Waals surface area contributed by atoms with Crippen molar-refractivity contribution in [2.24, 2.45) is 5.73 Å². The molecule has 2 nitrogen and oxygen atoms in total. The first-order chi connectivity index (χ1) is 8.58. The minimum Gasteiger partial charge on any atom is -0.389 e. The first-order valence-electron chi connectivity index (χ1n) is 5.19. The van der Waals surface area contributed by atoms with E-state index in [1.807, 2.05) is 42.5 Å². The van der Waals surface area contributed by atoms with E-state index in [0.29, 0.717) is 4.99 Å². The molecule has 2 rings (SSSR count). The molecular formula is C13H10BrIN2S. The molecule has 3 N–H and O–H groups in total. The van der Waals surface area contributed by atoms with E-state index in [2.05, 4.69) is 43.8 Å². The van der Waals surface area contributed by atoms with Crippen LogP contribution in [0.5, 0.6) is 0 Å². The number of hydrogen-bond donors (Lipinski definition) is 2. The number of halogens is 2. The SMILES string of the molecule is NC(=S)c1cc(Br)ccc1Nc1ccccc1I. The van der Waals surface area contributed by atoms with Gasteiger partial charge in [0.15, 0.2) is 0 Å². The van der Waals surface area contributed by atoms with Crippen molar-refractivity contribution in [3.63, 3.8) is 0 Å². The molecule has 18 heavy (non-hydrogen) atoms. The third kappa shape index (κ3) is 3.21. The van der Waals surface area contributed by atoms with Crippen molar-refractivity contribution in [1.29, 1.82) is 0 Å². The van der Waals surface area contributed by atoms with Gasteiger partial charge in [0.2, 0.25) is 0 Å². The Morgan fingerprint density at radius 3 is 2.56 bits per heavy atom. The predicted molar refractivity (Wildman–Crippen MR) is 92.5 cm³/mol. The largest absolute Gasteiger partial charge is 0.389 e. The number of nitrogens with one attached hydrogen (secondary N) is 1. The number of benzene rings is 2. The van der Waals surface area contributed by atoms with Gasteiger partial charge in [-0.25, -0.2) is 0 Å². The maximum absolute atomic E-state index is 5.74.